The Morgan fingerprint density at radius 2 is 2.46 bits per heavy atom. The highest BCUT2D eigenvalue weighted by Gasteiger charge is 2.23. The summed E-state index contributed by atoms with van der Waals surface area (Å²) < 4.78 is 0. The van der Waals surface area contributed by atoms with Gasteiger partial charge in [0.15, 0.2) is 0 Å². The second-order valence-corrected chi connectivity index (χ2v) is 5.41. The number of thioether (sulfide) groups is 1. The van der Waals surface area contributed by atoms with E-state index in [1.807, 2.05) is 11.8 Å². The Kier molecular flexibility index (Phi) is 2.68. The third-order valence-corrected chi connectivity index (χ3v) is 3.65. The molecule has 13 heavy (non-hydrogen) atoms. The monoisotopic (exact) mass is 195 g/mol. The van der Waals surface area contributed by atoms with Gasteiger partial charge in [-0.3, -0.25) is 0 Å². The van der Waals surface area contributed by atoms with Crippen LogP contribution in [0.25, 0.3) is 0 Å². The molecule has 0 aromatic carbocycles. The summed E-state index contributed by atoms with van der Waals surface area (Å²) >= 11 is 2.00. The van der Waals surface area contributed by atoms with E-state index in [1.165, 1.54) is 29.9 Å². The fourth-order valence-electron chi connectivity index (χ4n) is 1.81. The van der Waals surface area contributed by atoms with E-state index in [-0.39, 0.29) is 0 Å². The van der Waals surface area contributed by atoms with Gasteiger partial charge in [0.1, 0.15) is 0 Å². The van der Waals surface area contributed by atoms with Crippen molar-refractivity contribution in [3.05, 3.63) is 22.8 Å². The molecular weight excluding hydrogens is 178 g/mol. The average Bonchev–Trinajstić information content (AvgIpc) is 2.44. The van der Waals surface area contributed by atoms with Crippen LogP contribution in [0.2, 0.25) is 0 Å². The van der Waals surface area contributed by atoms with Crippen molar-refractivity contribution in [1.82, 2.24) is 5.32 Å². The van der Waals surface area contributed by atoms with Crippen LogP contribution in [0.1, 0.15) is 33.1 Å². The zero-order valence-corrected chi connectivity index (χ0v) is 9.16. The van der Waals surface area contributed by atoms with Crippen LogP contribution in [0.4, 0.5) is 0 Å². The molecule has 1 heterocycles. The van der Waals surface area contributed by atoms with Crippen molar-refractivity contribution in [1.29, 1.82) is 0 Å². The molecule has 2 heteroatoms. The van der Waals surface area contributed by atoms with Gasteiger partial charge in [-0.2, -0.15) is 0 Å². The van der Waals surface area contributed by atoms with Crippen molar-refractivity contribution in [3.8, 4) is 0 Å². The smallest absolute Gasteiger partial charge is 0.0769 e. The summed E-state index contributed by atoms with van der Waals surface area (Å²) in [6, 6.07) is 0. The van der Waals surface area contributed by atoms with Gasteiger partial charge in [0.25, 0.3) is 0 Å². The fraction of sp³-hybridized carbons (Fsp3) is 0.636. The predicted molar refractivity (Wildman–Crippen MR) is 59.4 cm³/mol. The number of rotatable bonds is 2. The molecule has 1 aliphatic carbocycles. The van der Waals surface area contributed by atoms with E-state index in [4.69, 9.17) is 0 Å². The highest BCUT2D eigenvalue weighted by molar-refractivity contribution is 8.04. The molecule has 0 aromatic rings. The summed E-state index contributed by atoms with van der Waals surface area (Å²) in [6.45, 7) is 4.57. The molecule has 0 radical (unpaired) electrons. The van der Waals surface area contributed by atoms with Gasteiger partial charge in [0.05, 0.1) is 5.37 Å². The molecular formula is C11H17NS. The Morgan fingerprint density at radius 1 is 1.62 bits per heavy atom. The van der Waals surface area contributed by atoms with Crippen LogP contribution in [-0.2, 0) is 0 Å². The summed E-state index contributed by atoms with van der Waals surface area (Å²) in [4.78, 5) is 1.48. The molecule has 2 aliphatic rings. The lowest BCUT2D eigenvalue weighted by Gasteiger charge is -2.14. The van der Waals surface area contributed by atoms with Crippen LogP contribution in [-0.4, -0.2) is 5.37 Å². The summed E-state index contributed by atoms with van der Waals surface area (Å²) in [5, 5.41) is 4.25. The predicted octanol–water partition coefficient (Wildman–Crippen LogP) is 3.26. The molecule has 0 bridgehead atoms. The zero-order chi connectivity index (χ0) is 9.26. The van der Waals surface area contributed by atoms with E-state index in [0.29, 0.717) is 5.37 Å². The zero-order valence-electron chi connectivity index (χ0n) is 8.34. The van der Waals surface area contributed by atoms with Crippen LogP contribution >= 0.6 is 11.8 Å². The summed E-state index contributed by atoms with van der Waals surface area (Å²) in [5.74, 6) is 0.787. The number of hydrogen-bond acceptors (Lipinski definition) is 2. The topological polar surface area (TPSA) is 12.0 Å². The highest BCUT2D eigenvalue weighted by atomic mass is 32.2. The van der Waals surface area contributed by atoms with E-state index in [0.717, 1.165) is 5.92 Å². The average molecular weight is 195 g/mol. The molecule has 0 saturated heterocycles. The van der Waals surface area contributed by atoms with E-state index < -0.39 is 0 Å². The molecule has 2 rings (SSSR count). The first kappa shape index (κ1) is 9.20. The van der Waals surface area contributed by atoms with Gasteiger partial charge in [-0.1, -0.05) is 37.8 Å². The first-order valence-corrected chi connectivity index (χ1v) is 5.96. The normalized spacial score (nSPS) is 26.5. The summed E-state index contributed by atoms with van der Waals surface area (Å²) in [5.41, 5.74) is 1.48. The van der Waals surface area contributed by atoms with Gasteiger partial charge < -0.3 is 5.32 Å². The molecule has 0 fully saturated rings. The van der Waals surface area contributed by atoms with Crippen LogP contribution in [0.5, 0.6) is 0 Å². The second-order valence-electron chi connectivity index (χ2n) is 4.16. The van der Waals surface area contributed by atoms with Crippen molar-refractivity contribution in [3.63, 3.8) is 0 Å². The quantitative estimate of drug-likeness (QED) is 0.726. The minimum Gasteiger partial charge on any atom is -0.375 e. The molecule has 1 nitrogen and oxygen atoms in total. The van der Waals surface area contributed by atoms with Crippen molar-refractivity contribution in [2.45, 2.75) is 38.5 Å². The minimum atomic E-state index is 0.632. The minimum absolute atomic E-state index is 0.632. The van der Waals surface area contributed by atoms with E-state index in [2.05, 4.69) is 31.3 Å². The number of allylic oxidation sites excluding steroid dienone is 3. The second kappa shape index (κ2) is 3.79. The maximum Gasteiger partial charge on any atom is 0.0769 e. The molecule has 0 saturated carbocycles. The molecule has 1 aliphatic heterocycles. The summed E-state index contributed by atoms with van der Waals surface area (Å²) in [6.07, 6.45) is 8.25. The Labute approximate surface area is 84.7 Å². The van der Waals surface area contributed by atoms with Gasteiger partial charge in [-0.25, -0.2) is 0 Å². The Hall–Kier alpha value is -0.370. The van der Waals surface area contributed by atoms with Gasteiger partial charge in [-0.05, 0) is 25.2 Å². The van der Waals surface area contributed by atoms with Crippen molar-refractivity contribution in [2.24, 2.45) is 5.92 Å². The van der Waals surface area contributed by atoms with E-state index >= 15 is 0 Å². The fourth-order valence-corrected chi connectivity index (χ4v) is 3.27. The Bertz CT molecular complexity index is 253. The SMILES string of the molecule is CC(C)CC1NC2=C(C=CCC2)S1. The van der Waals surface area contributed by atoms with E-state index in [1.54, 1.807) is 0 Å². The Balaban J connectivity index is 1.94. The van der Waals surface area contributed by atoms with Crippen LogP contribution in [0.3, 0.4) is 0 Å². The lowest BCUT2D eigenvalue weighted by molar-refractivity contribution is 0.537. The lowest BCUT2D eigenvalue weighted by atomic mass is 10.1. The van der Waals surface area contributed by atoms with Crippen LogP contribution in [0.15, 0.2) is 22.8 Å². The van der Waals surface area contributed by atoms with Crippen molar-refractivity contribution < 1.29 is 0 Å². The standard InChI is InChI=1S/C11H17NS/c1-8(2)7-11-12-9-5-3-4-6-10(9)13-11/h4,6,8,11-12H,3,5,7H2,1-2H3. The summed E-state index contributed by atoms with van der Waals surface area (Å²) in [7, 11) is 0. The molecule has 72 valence electrons. The van der Waals surface area contributed by atoms with Crippen molar-refractivity contribution >= 4 is 11.8 Å². The first-order chi connectivity index (χ1) is 6.25. The van der Waals surface area contributed by atoms with Gasteiger partial charge in [0.2, 0.25) is 0 Å². The molecule has 1 unspecified atom stereocenters. The number of nitrogens with one attached hydrogen (secondary N) is 1. The number of hydrogen-bond donors (Lipinski definition) is 1. The van der Waals surface area contributed by atoms with E-state index in [9.17, 15) is 0 Å². The molecule has 0 aromatic heterocycles. The highest BCUT2D eigenvalue weighted by Crippen LogP contribution is 2.37. The maximum atomic E-state index is 3.62. The molecule has 0 spiro atoms. The third kappa shape index (κ3) is 2.11. The lowest BCUT2D eigenvalue weighted by Crippen LogP contribution is -2.22. The first-order valence-electron chi connectivity index (χ1n) is 5.08. The van der Waals surface area contributed by atoms with Crippen molar-refractivity contribution in [2.75, 3.05) is 0 Å². The van der Waals surface area contributed by atoms with Crippen LogP contribution in [0, 0.1) is 5.92 Å². The Morgan fingerprint density at radius 3 is 3.15 bits per heavy atom. The van der Waals surface area contributed by atoms with Gasteiger partial charge in [-0.15, -0.1) is 0 Å². The molecule has 1 atom stereocenters. The molecule has 0 amide bonds. The van der Waals surface area contributed by atoms with Gasteiger partial charge >= 0.3 is 0 Å². The largest absolute Gasteiger partial charge is 0.375 e. The van der Waals surface area contributed by atoms with Crippen LogP contribution < -0.4 is 5.32 Å². The third-order valence-electron chi connectivity index (χ3n) is 2.42. The molecule has 1 N–H and O–H groups in total. The maximum absolute atomic E-state index is 3.62. The van der Waals surface area contributed by atoms with Gasteiger partial charge in [0, 0.05) is 10.6 Å².